The fourth-order valence-electron chi connectivity index (χ4n) is 2.30. The standard InChI is InChI=1S/C12H17BrN2/c13-11-6-2-1-5-10(11)12-9(8-14)4-3-7-15-12/h1-2,5-6,9,12,15H,3-4,7-8,14H2/t9-,12+/m1/s1. The molecule has 1 aromatic carbocycles. The first-order valence-electron chi connectivity index (χ1n) is 5.51. The highest BCUT2D eigenvalue weighted by Crippen LogP contribution is 2.32. The second kappa shape index (κ2) is 5.10. The molecule has 2 rings (SSSR count). The van der Waals surface area contributed by atoms with Crippen LogP contribution in [-0.4, -0.2) is 13.1 Å². The minimum Gasteiger partial charge on any atom is -0.330 e. The quantitative estimate of drug-likeness (QED) is 0.865. The van der Waals surface area contributed by atoms with Crippen molar-refractivity contribution >= 4 is 15.9 Å². The number of nitrogens with one attached hydrogen (secondary N) is 1. The van der Waals surface area contributed by atoms with E-state index >= 15 is 0 Å². The van der Waals surface area contributed by atoms with Gasteiger partial charge in [-0.05, 0) is 43.5 Å². The Bertz CT molecular complexity index is 327. The lowest BCUT2D eigenvalue weighted by Gasteiger charge is -2.32. The molecule has 1 heterocycles. The van der Waals surface area contributed by atoms with Crippen LogP contribution < -0.4 is 11.1 Å². The maximum atomic E-state index is 5.83. The Balaban J connectivity index is 2.24. The normalized spacial score (nSPS) is 26.5. The third kappa shape index (κ3) is 2.41. The Labute approximate surface area is 99.4 Å². The fraction of sp³-hybridized carbons (Fsp3) is 0.500. The van der Waals surface area contributed by atoms with E-state index in [4.69, 9.17) is 5.73 Å². The van der Waals surface area contributed by atoms with Gasteiger partial charge < -0.3 is 11.1 Å². The highest BCUT2D eigenvalue weighted by Gasteiger charge is 2.25. The van der Waals surface area contributed by atoms with Crippen molar-refractivity contribution < 1.29 is 0 Å². The van der Waals surface area contributed by atoms with Crippen LogP contribution in [0.1, 0.15) is 24.4 Å². The van der Waals surface area contributed by atoms with E-state index in [0.717, 1.165) is 13.1 Å². The first-order valence-corrected chi connectivity index (χ1v) is 6.30. The maximum absolute atomic E-state index is 5.83. The second-order valence-electron chi connectivity index (χ2n) is 4.09. The van der Waals surface area contributed by atoms with Crippen LogP contribution in [0.25, 0.3) is 0 Å². The minimum atomic E-state index is 0.416. The molecular weight excluding hydrogens is 252 g/mol. The van der Waals surface area contributed by atoms with E-state index in [1.54, 1.807) is 0 Å². The lowest BCUT2D eigenvalue weighted by atomic mass is 9.86. The zero-order valence-corrected chi connectivity index (χ0v) is 10.3. The highest BCUT2D eigenvalue weighted by molar-refractivity contribution is 9.10. The monoisotopic (exact) mass is 268 g/mol. The molecule has 1 aliphatic rings. The van der Waals surface area contributed by atoms with Gasteiger partial charge in [-0.2, -0.15) is 0 Å². The van der Waals surface area contributed by atoms with Gasteiger partial charge in [-0.3, -0.25) is 0 Å². The fourth-order valence-corrected chi connectivity index (χ4v) is 2.83. The molecule has 0 spiro atoms. The number of piperidine rings is 1. The van der Waals surface area contributed by atoms with Gasteiger partial charge >= 0.3 is 0 Å². The van der Waals surface area contributed by atoms with Gasteiger partial charge in [0.05, 0.1) is 0 Å². The first kappa shape index (κ1) is 11.1. The van der Waals surface area contributed by atoms with E-state index in [2.05, 4.69) is 39.4 Å². The Kier molecular flexibility index (Phi) is 3.78. The number of hydrogen-bond donors (Lipinski definition) is 2. The summed E-state index contributed by atoms with van der Waals surface area (Å²) in [6, 6.07) is 8.83. The molecular formula is C12H17BrN2. The third-order valence-corrected chi connectivity index (χ3v) is 3.85. The zero-order chi connectivity index (χ0) is 10.7. The Morgan fingerprint density at radius 1 is 1.40 bits per heavy atom. The van der Waals surface area contributed by atoms with E-state index in [-0.39, 0.29) is 0 Å². The molecule has 0 saturated carbocycles. The average molecular weight is 269 g/mol. The van der Waals surface area contributed by atoms with E-state index < -0.39 is 0 Å². The molecule has 2 atom stereocenters. The molecule has 0 bridgehead atoms. The van der Waals surface area contributed by atoms with Crippen LogP contribution in [0.4, 0.5) is 0 Å². The van der Waals surface area contributed by atoms with Gasteiger partial charge in [0.1, 0.15) is 0 Å². The van der Waals surface area contributed by atoms with E-state index in [1.165, 1.54) is 22.9 Å². The molecule has 1 saturated heterocycles. The molecule has 1 fully saturated rings. The molecule has 1 aromatic rings. The number of benzene rings is 1. The lowest BCUT2D eigenvalue weighted by Crippen LogP contribution is -2.37. The molecule has 15 heavy (non-hydrogen) atoms. The van der Waals surface area contributed by atoms with E-state index in [1.807, 2.05) is 6.07 Å². The molecule has 2 nitrogen and oxygen atoms in total. The number of rotatable bonds is 2. The largest absolute Gasteiger partial charge is 0.330 e. The van der Waals surface area contributed by atoms with Gasteiger partial charge in [0.15, 0.2) is 0 Å². The van der Waals surface area contributed by atoms with Gasteiger partial charge in [-0.1, -0.05) is 34.1 Å². The summed E-state index contributed by atoms with van der Waals surface area (Å²) in [5.41, 5.74) is 7.17. The van der Waals surface area contributed by atoms with E-state index in [0.29, 0.717) is 12.0 Å². The smallest absolute Gasteiger partial charge is 0.0371 e. The second-order valence-corrected chi connectivity index (χ2v) is 4.95. The topological polar surface area (TPSA) is 38.0 Å². The molecule has 3 N–H and O–H groups in total. The Morgan fingerprint density at radius 2 is 2.20 bits per heavy atom. The molecule has 0 aliphatic carbocycles. The molecule has 1 aliphatic heterocycles. The highest BCUT2D eigenvalue weighted by atomic mass is 79.9. The molecule has 0 unspecified atom stereocenters. The van der Waals surface area contributed by atoms with Gasteiger partial charge in [-0.15, -0.1) is 0 Å². The Hall–Kier alpha value is -0.380. The molecule has 82 valence electrons. The van der Waals surface area contributed by atoms with Crippen molar-refractivity contribution in [1.29, 1.82) is 0 Å². The molecule has 0 aromatic heterocycles. The van der Waals surface area contributed by atoms with Crippen LogP contribution >= 0.6 is 15.9 Å². The summed E-state index contributed by atoms with van der Waals surface area (Å²) < 4.78 is 1.18. The summed E-state index contributed by atoms with van der Waals surface area (Å²) in [7, 11) is 0. The molecule has 3 heteroatoms. The number of nitrogens with two attached hydrogens (primary N) is 1. The van der Waals surface area contributed by atoms with Gasteiger partial charge in [0.2, 0.25) is 0 Å². The lowest BCUT2D eigenvalue weighted by molar-refractivity contribution is 0.290. The summed E-state index contributed by atoms with van der Waals surface area (Å²) in [5, 5.41) is 3.57. The summed E-state index contributed by atoms with van der Waals surface area (Å²) in [5.74, 6) is 0.567. The van der Waals surface area contributed by atoms with Gasteiger partial charge in [0, 0.05) is 10.5 Å². The third-order valence-electron chi connectivity index (χ3n) is 3.13. The van der Waals surface area contributed by atoms with Crippen molar-refractivity contribution in [1.82, 2.24) is 5.32 Å². The average Bonchev–Trinajstić information content (AvgIpc) is 2.30. The van der Waals surface area contributed by atoms with Crippen molar-refractivity contribution in [3.05, 3.63) is 34.3 Å². The zero-order valence-electron chi connectivity index (χ0n) is 8.75. The van der Waals surface area contributed by atoms with Crippen LogP contribution in [0.5, 0.6) is 0 Å². The predicted molar refractivity (Wildman–Crippen MR) is 66.7 cm³/mol. The summed E-state index contributed by atoms with van der Waals surface area (Å²) in [6.45, 7) is 1.86. The summed E-state index contributed by atoms with van der Waals surface area (Å²) in [6.07, 6.45) is 2.47. The number of halogens is 1. The van der Waals surface area contributed by atoms with Crippen LogP contribution in [0.2, 0.25) is 0 Å². The minimum absolute atomic E-state index is 0.416. The van der Waals surface area contributed by atoms with Crippen molar-refractivity contribution in [2.24, 2.45) is 11.7 Å². The van der Waals surface area contributed by atoms with E-state index in [9.17, 15) is 0 Å². The van der Waals surface area contributed by atoms with Crippen molar-refractivity contribution in [2.75, 3.05) is 13.1 Å². The summed E-state index contributed by atoms with van der Waals surface area (Å²) >= 11 is 3.61. The first-order chi connectivity index (χ1) is 7.33. The van der Waals surface area contributed by atoms with Crippen molar-refractivity contribution in [3.63, 3.8) is 0 Å². The van der Waals surface area contributed by atoms with Crippen LogP contribution in [0, 0.1) is 5.92 Å². The maximum Gasteiger partial charge on any atom is 0.0371 e. The van der Waals surface area contributed by atoms with Crippen molar-refractivity contribution in [3.8, 4) is 0 Å². The van der Waals surface area contributed by atoms with Gasteiger partial charge in [0.25, 0.3) is 0 Å². The van der Waals surface area contributed by atoms with Crippen LogP contribution in [0.3, 0.4) is 0 Å². The number of hydrogen-bond acceptors (Lipinski definition) is 2. The van der Waals surface area contributed by atoms with Crippen LogP contribution in [0.15, 0.2) is 28.7 Å². The Morgan fingerprint density at radius 3 is 2.93 bits per heavy atom. The predicted octanol–water partition coefficient (Wildman–Crippen LogP) is 2.45. The van der Waals surface area contributed by atoms with Crippen LogP contribution in [-0.2, 0) is 0 Å². The van der Waals surface area contributed by atoms with Gasteiger partial charge in [-0.25, -0.2) is 0 Å². The van der Waals surface area contributed by atoms with Crippen molar-refractivity contribution in [2.45, 2.75) is 18.9 Å². The SMILES string of the molecule is NC[C@H]1CCCN[C@@H]1c1ccccc1Br. The summed E-state index contributed by atoms with van der Waals surface area (Å²) in [4.78, 5) is 0. The molecule has 0 radical (unpaired) electrons. The molecule has 0 amide bonds.